The summed E-state index contributed by atoms with van der Waals surface area (Å²) in [6, 6.07) is 4.33. The smallest absolute Gasteiger partial charge is 0.412 e. The molecule has 1 atom stereocenters. The lowest BCUT2D eigenvalue weighted by atomic mass is 10.1. The summed E-state index contributed by atoms with van der Waals surface area (Å²) in [5.74, 6) is -0.317. The van der Waals surface area contributed by atoms with Gasteiger partial charge >= 0.3 is 6.09 Å². The highest BCUT2D eigenvalue weighted by Crippen LogP contribution is 2.34. The molecular weight excluding hydrogens is 284 g/mol. The molecule has 0 aliphatic carbocycles. The highest BCUT2D eigenvalue weighted by molar-refractivity contribution is 6.17. The molecule has 0 saturated heterocycles. The SMILES string of the molecule is CC(=O)N1c2cc(NC(=O)OC(C)(C)C)ccc2C(=O)C1C. The van der Waals surface area contributed by atoms with E-state index in [2.05, 4.69) is 5.32 Å². The highest BCUT2D eigenvalue weighted by Gasteiger charge is 2.36. The molecule has 1 aromatic carbocycles. The number of amides is 2. The Balaban J connectivity index is 2.27. The Hall–Kier alpha value is -2.37. The molecule has 6 nitrogen and oxygen atoms in total. The lowest BCUT2D eigenvalue weighted by molar-refractivity contribution is -0.116. The topological polar surface area (TPSA) is 75.7 Å². The third-order valence-corrected chi connectivity index (χ3v) is 3.27. The van der Waals surface area contributed by atoms with E-state index in [1.165, 1.54) is 11.8 Å². The summed E-state index contributed by atoms with van der Waals surface area (Å²) < 4.78 is 5.18. The van der Waals surface area contributed by atoms with Crippen molar-refractivity contribution in [2.45, 2.75) is 46.3 Å². The fraction of sp³-hybridized carbons (Fsp3) is 0.438. The monoisotopic (exact) mass is 304 g/mol. The van der Waals surface area contributed by atoms with E-state index in [1.807, 2.05) is 0 Å². The maximum absolute atomic E-state index is 12.1. The molecule has 0 radical (unpaired) electrons. The third-order valence-electron chi connectivity index (χ3n) is 3.27. The predicted octanol–water partition coefficient (Wildman–Crippen LogP) is 2.97. The van der Waals surface area contributed by atoms with Gasteiger partial charge in [0.1, 0.15) is 5.60 Å². The Bertz CT molecular complexity index is 646. The number of hydrogen-bond acceptors (Lipinski definition) is 4. The molecule has 1 aliphatic rings. The first-order valence-electron chi connectivity index (χ1n) is 7.08. The third kappa shape index (κ3) is 3.10. The van der Waals surface area contributed by atoms with Gasteiger partial charge in [-0.2, -0.15) is 0 Å². The van der Waals surface area contributed by atoms with Gasteiger partial charge in [-0.3, -0.25) is 14.9 Å². The zero-order valence-corrected chi connectivity index (χ0v) is 13.4. The molecule has 22 heavy (non-hydrogen) atoms. The Morgan fingerprint density at radius 2 is 1.91 bits per heavy atom. The molecule has 1 unspecified atom stereocenters. The van der Waals surface area contributed by atoms with Gasteiger partial charge in [-0.25, -0.2) is 4.79 Å². The molecule has 1 heterocycles. The second-order valence-corrected chi connectivity index (χ2v) is 6.29. The summed E-state index contributed by atoms with van der Waals surface area (Å²) >= 11 is 0. The molecule has 2 amide bonds. The van der Waals surface area contributed by atoms with Crippen molar-refractivity contribution >= 4 is 29.2 Å². The standard InChI is InChI=1S/C16H20N2O4/c1-9-14(20)12-7-6-11(8-13(12)18(9)10(2)19)17-15(21)22-16(3,4)5/h6-9H,1-5H3,(H,17,21). The number of ether oxygens (including phenoxy) is 1. The Kier molecular flexibility index (Phi) is 3.96. The normalized spacial score (nSPS) is 17.2. The van der Waals surface area contributed by atoms with Crippen molar-refractivity contribution in [3.63, 3.8) is 0 Å². The Morgan fingerprint density at radius 1 is 1.27 bits per heavy atom. The summed E-state index contributed by atoms with van der Waals surface area (Å²) in [6.07, 6.45) is -0.584. The van der Waals surface area contributed by atoms with Crippen LogP contribution in [-0.2, 0) is 9.53 Å². The van der Waals surface area contributed by atoms with Crippen LogP contribution in [0.25, 0.3) is 0 Å². The lowest BCUT2D eigenvalue weighted by Gasteiger charge is -2.21. The Morgan fingerprint density at radius 3 is 2.45 bits per heavy atom. The van der Waals surface area contributed by atoms with Crippen molar-refractivity contribution in [2.24, 2.45) is 0 Å². The molecular formula is C16H20N2O4. The van der Waals surface area contributed by atoms with E-state index >= 15 is 0 Å². The van der Waals surface area contributed by atoms with Gasteiger partial charge < -0.3 is 9.64 Å². The second-order valence-electron chi connectivity index (χ2n) is 6.29. The fourth-order valence-corrected chi connectivity index (χ4v) is 2.43. The van der Waals surface area contributed by atoms with Crippen LogP contribution in [0, 0.1) is 0 Å². The quantitative estimate of drug-likeness (QED) is 0.865. The molecule has 1 N–H and O–H groups in total. The van der Waals surface area contributed by atoms with Crippen LogP contribution in [0.3, 0.4) is 0 Å². The van der Waals surface area contributed by atoms with E-state index in [1.54, 1.807) is 45.9 Å². The number of Topliss-reactive ketones (excluding diaryl/α,β-unsaturated/α-hetero) is 1. The summed E-state index contributed by atoms with van der Waals surface area (Å²) in [5, 5.41) is 2.61. The zero-order chi connectivity index (χ0) is 16.7. The molecule has 6 heteroatoms. The van der Waals surface area contributed by atoms with Crippen molar-refractivity contribution in [1.82, 2.24) is 0 Å². The van der Waals surface area contributed by atoms with Crippen LogP contribution in [-0.4, -0.2) is 29.4 Å². The van der Waals surface area contributed by atoms with Crippen molar-refractivity contribution < 1.29 is 19.1 Å². The van der Waals surface area contributed by atoms with Gasteiger partial charge in [0.25, 0.3) is 0 Å². The summed E-state index contributed by atoms with van der Waals surface area (Å²) in [5.41, 5.74) is 0.869. The first-order valence-corrected chi connectivity index (χ1v) is 7.08. The average molecular weight is 304 g/mol. The van der Waals surface area contributed by atoms with Gasteiger partial charge in [-0.05, 0) is 45.9 Å². The van der Waals surface area contributed by atoms with Crippen LogP contribution in [0.2, 0.25) is 0 Å². The number of nitrogens with one attached hydrogen (secondary N) is 1. The molecule has 1 aromatic rings. The van der Waals surface area contributed by atoms with Crippen molar-refractivity contribution in [1.29, 1.82) is 0 Å². The zero-order valence-electron chi connectivity index (χ0n) is 13.4. The summed E-state index contributed by atoms with van der Waals surface area (Å²) in [4.78, 5) is 37.1. The minimum absolute atomic E-state index is 0.103. The molecule has 118 valence electrons. The first kappa shape index (κ1) is 16.0. The van der Waals surface area contributed by atoms with E-state index in [0.717, 1.165) is 0 Å². The molecule has 0 spiro atoms. The number of carbonyl (C=O) groups excluding carboxylic acids is 3. The minimum atomic E-state index is -0.600. The van der Waals surface area contributed by atoms with Crippen LogP contribution in [0.4, 0.5) is 16.2 Å². The van der Waals surface area contributed by atoms with E-state index in [-0.39, 0.29) is 11.7 Å². The van der Waals surface area contributed by atoms with Crippen LogP contribution >= 0.6 is 0 Å². The van der Waals surface area contributed by atoms with Gasteiger partial charge in [-0.15, -0.1) is 0 Å². The predicted molar refractivity (Wildman–Crippen MR) is 83.3 cm³/mol. The average Bonchev–Trinajstić information content (AvgIpc) is 2.59. The van der Waals surface area contributed by atoms with Crippen molar-refractivity contribution in [2.75, 3.05) is 10.2 Å². The number of nitrogens with zero attached hydrogens (tertiary/aromatic N) is 1. The lowest BCUT2D eigenvalue weighted by Crippen LogP contribution is -2.36. The van der Waals surface area contributed by atoms with Crippen molar-refractivity contribution in [3.8, 4) is 0 Å². The maximum atomic E-state index is 12.1. The number of carbonyl (C=O) groups is 3. The van der Waals surface area contributed by atoms with Crippen molar-refractivity contribution in [3.05, 3.63) is 23.8 Å². The highest BCUT2D eigenvalue weighted by atomic mass is 16.6. The van der Waals surface area contributed by atoms with E-state index < -0.39 is 17.7 Å². The number of anilines is 2. The van der Waals surface area contributed by atoms with E-state index in [9.17, 15) is 14.4 Å². The molecule has 0 aromatic heterocycles. The van der Waals surface area contributed by atoms with Crippen LogP contribution in [0.15, 0.2) is 18.2 Å². The van der Waals surface area contributed by atoms with Crippen LogP contribution < -0.4 is 10.2 Å². The molecule has 0 saturated carbocycles. The first-order chi connectivity index (χ1) is 10.1. The number of rotatable bonds is 1. The second kappa shape index (κ2) is 5.44. The number of fused-ring (bicyclic) bond motifs is 1. The van der Waals surface area contributed by atoms with E-state index in [4.69, 9.17) is 4.74 Å². The van der Waals surface area contributed by atoms with Crippen LogP contribution in [0.1, 0.15) is 45.0 Å². The maximum Gasteiger partial charge on any atom is 0.412 e. The van der Waals surface area contributed by atoms with Gasteiger partial charge in [0.05, 0.1) is 11.7 Å². The molecule has 0 fully saturated rings. The largest absolute Gasteiger partial charge is 0.444 e. The number of ketones is 1. The van der Waals surface area contributed by atoms with Gasteiger partial charge in [0.2, 0.25) is 5.91 Å². The minimum Gasteiger partial charge on any atom is -0.444 e. The number of benzene rings is 1. The van der Waals surface area contributed by atoms with Crippen LogP contribution in [0.5, 0.6) is 0 Å². The van der Waals surface area contributed by atoms with E-state index in [0.29, 0.717) is 16.9 Å². The summed E-state index contributed by atoms with van der Waals surface area (Å²) in [6.45, 7) is 8.41. The van der Waals surface area contributed by atoms with Gasteiger partial charge in [0, 0.05) is 18.2 Å². The number of hydrogen-bond donors (Lipinski definition) is 1. The van der Waals surface area contributed by atoms with Gasteiger partial charge in [0.15, 0.2) is 5.78 Å². The Labute approximate surface area is 129 Å². The molecule has 1 aliphatic heterocycles. The van der Waals surface area contributed by atoms with Gasteiger partial charge in [-0.1, -0.05) is 0 Å². The molecule has 0 bridgehead atoms. The molecule has 2 rings (SSSR count). The fourth-order valence-electron chi connectivity index (χ4n) is 2.43. The summed E-state index contributed by atoms with van der Waals surface area (Å²) in [7, 11) is 0.